The van der Waals surface area contributed by atoms with Crippen molar-refractivity contribution in [3.05, 3.63) is 74.9 Å². The van der Waals surface area contributed by atoms with Gasteiger partial charge in [-0.2, -0.15) is 9.13 Å². The van der Waals surface area contributed by atoms with Crippen LogP contribution in [0, 0.1) is 31.5 Å². The highest BCUT2D eigenvalue weighted by Gasteiger charge is 2.22. The molecule has 23 heavy (non-hydrogen) atoms. The summed E-state index contributed by atoms with van der Waals surface area (Å²) in [5.41, 5.74) is 7.72. The van der Waals surface area contributed by atoms with Crippen LogP contribution < -0.4 is 21.5 Å². The third-order valence-electron chi connectivity index (χ3n) is 4.12. The predicted molar refractivity (Wildman–Crippen MR) is 99.0 cm³/mol. The van der Waals surface area contributed by atoms with Gasteiger partial charge in [-0.1, -0.05) is 36.4 Å². The first-order valence-electron chi connectivity index (χ1n) is 7.42. The van der Waals surface area contributed by atoms with E-state index >= 15 is 0 Å². The summed E-state index contributed by atoms with van der Waals surface area (Å²) in [6.45, 7) is 8.67. The van der Waals surface area contributed by atoms with Crippen LogP contribution in [-0.2, 0) is 0 Å². The van der Waals surface area contributed by atoms with Crippen molar-refractivity contribution in [2.75, 3.05) is 0 Å². The number of hydrogen-bond acceptors (Lipinski definition) is 0. The minimum atomic E-state index is 0. The van der Waals surface area contributed by atoms with Gasteiger partial charge in [0.25, 0.3) is 0 Å². The Labute approximate surface area is 162 Å². The molecule has 3 aromatic rings. The summed E-state index contributed by atoms with van der Waals surface area (Å²) >= 11 is 2.44. The Bertz CT molecular complexity index is 743. The molecule has 2 aromatic carbocycles. The maximum atomic E-state index is 2.44. The molecule has 120 valence electrons. The zero-order valence-electron chi connectivity index (χ0n) is 13.8. The van der Waals surface area contributed by atoms with Gasteiger partial charge in [-0.25, -0.2) is 0 Å². The fraction of sp³-hybridized carbons (Fsp3) is 0.211. The van der Waals surface area contributed by atoms with Crippen LogP contribution in [0.2, 0.25) is 0 Å². The van der Waals surface area contributed by atoms with Gasteiger partial charge in [0.15, 0.2) is 0 Å². The quantitative estimate of drug-likeness (QED) is 0.387. The highest BCUT2D eigenvalue weighted by Crippen LogP contribution is 2.22. The lowest BCUT2D eigenvalue weighted by Crippen LogP contribution is -3.00. The monoisotopic (exact) mass is 482 g/mol. The van der Waals surface area contributed by atoms with Crippen LogP contribution in [-0.4, -0.2) is 4.57 Å². The van der Waals surface area contributed by atoms with Crippen LogP contribution in [0.15, 0.2) is 48.8 Å². The van der Waals surface area contributed by atoms with E-state index in [0.29, 0.717) is 0 Å². The summed E-state index contributed by atoms with van der Waals surface area (Å²) in [7, 11) is 0. The van der Waals surface area contributed by atoms with Crippen molar-refractivity contribution >= 4 is 22.6 Å². The molecule has 0 fully saturated rings. The summed E-state index contributed by atoms with van der Waals surface area (Å²) < 4.78 is 5.74. The summed E-state index contributed by atoms with van der Waals surface area (Å²) in [5.74, 6) is 0. The second-order valence-corrected chi connectivity index (χ2v) is 6.75. The van der Waals surface area contributed by atoms with Gasteiger partial charge in [-0.05, 0) is 49.9 Å². The number of aromatic nitrogens is 2. The average molecular weight is 483 g/mol. The number of nitrogens with zero attached hydrogens (tertiary/aromatic N) is 2. The Kier molecular flexibility index (Phi) is 5.68. The molecule has 1 aromatic heterocycles. The second-order valence-electron chi connectivity index (χ2n) is 5.79. The van der Waals surface area contributed by atoms with Gasteiger partial charge in [0.05, 0.1) is 22.6 Å². The molecule has 4 heteroatoms. The van der Waals surface area contributed by atoms with E-state index in [-0.39, 0.29) is 17.0 Å². The third-order valence-corrected chi connectivity index (χ3v) is 5.16. The SMILES string of the molecule is Cc1cccc(C)c1-n1cc[n+](-c2c(C)cccc2C)c1I.[Br-]. The average Bonchev–Trinajstić information content (AvgIpc) is 2.81. The number of aryl methyl sites for hydroxylation is 4. The molecule has 0 radical (unpaired) electrons. The highest BCUT2D eigenvalue weighted by molar-refractivity contribution is 14.1. The highest BCUT2D eigenvalue weighted by atomic mass is 127. The molecule has 0 unspecified atom stereocenters. The number of imidazole rings is 1. The van der Waals surface area contributed by atoms with E-state index in [2.05, 4.69) is 108 Å². The zero-order valence-corrected chi connectivity index (χ0v) is 17.5. The van der Waals surface area contributed by atoms with E-state index in [9.17, 15) is 0 Å². The summed E-state index contributed by atoms with van der Waals surface area (Å²) in [4.78, 5) is 0. The van der Waals surface area contributed by atoms with Gasteiger partial charge >= 0.3 is 3.83 Å². The van der Waals surface area contributed by atoms with Crippen LogP contribution in [0.25, 0.3) is 11.4 Å². The molecule has 0 bridgehead atoms. The molecule has 3 rings (SSSR count). The van der Waals surface area contributed by atoms with Crippen molar-refractivity contribution in [1.82, 2.24) is 4.57 Å². The van der Waals surface area contributed by atoms with Crippen molar-refractivity contribution in [3.63, 3.8) is 0 Å². The molecule has 2 nitrogen and oxygen atoms in total. The smallest absolute Gasteiger partial charge is 0.327 e. The summed E-state index contributed by atoms with van der Waals surface area (Å²) in [5, 5.41) is 0. The number of para-hydroxylation sites is 2. The number of halogens is 2. The number of rotatable bonds is 2. The molecular weight excluding hydrogens is 463 g/mol. The Morgan fingerprint density at radius 1 is 0.826 bits per heavy atom. The third kappa shape index (κ3) is 3.24. The molecule has 0 N–H and O–H groups in total. The van der Waals surface area contributed by atoms with E-state index in [1.807, 2.05) is 0 Å². The van der Waals surface area contributed by atoms with Crippen LogP contribution in [0.5, 0.6) is 0 Å². The van der Waals surface area contributed by atoms with Gasteiger partial charge in [-0.15, -0.1) is 0 Å². The molecule has 0 aliphatic heterocycles. The first-order chi connectivity index (χ1) is 10.5. The molecule has 0 aliphatic carbocycles. The van der Waals surface area contributed by atoms with E-state index < -0.39 is 0 Å². The normalized spacial score (nSPS) is 10.5. The maximum absolute atomic E-state index is 2.44. The molecule has 0 saturated heterocycles. The molecule has 0 saturated carbocycles. The molecule has 0 atom stereocenters. The lowest BCUT2D eigenvalue weighted by Gasteiger charge is -2.08. The maximum Gasteiger partial charge on any atom is 0.327 e. The van der Waals surface area contributed by atoms with E-state index in [1.165, 1.54) is 37.5 Å². The van der Waals surface area contributed by atoms with Crippen LogP contribution in [0.3, 0.4) is 0 Å². The predicted octanol–water partition coefficient (Wildman–Crippen LogP) is 1.60. The van der Waals surface area contributed by atoms with Crippen molar-refractivity contribution < 1.29 is 21.5 Å². The first-order valence-corrected chi connectivity index (χ1v) is 8.50. The summed E-state index contributed by atoms with van der Waals surface area (Å²) in [6, 6.07) is 12.9. The van der Waals surface area contributed by atoms with Crippen LogP contribution in [0.1, 0.15) is 22.3 Å². The van der Waals surface area contributed by atoms with Crippen molar-refractivity contribution in [2.24, 2.45) is 0 Å². The minimum absolute atomic E-state index is 0. The molecular formula is C19H20BrIN2. The Hall–Kier alpha value is -1.14. The molecule has 0 aliphatic rings. The minimum Gasteiger partial charge on any atom is -1.00 e. The van der Waals surface area contributed by atoms with Gasteiger partial charge in [0, 0.05) is 0 Å². The standard InChI is InChI=1S/C19H20IN2.BrH/c1-13-7-5-8-14(2)17(13)21-11-12-22(19(21)20)18-15(3)9-6-10-16(18)4;/h5-12H,1-4H3;1H/q+1;/p-1. The number of benzene rings is 2. The fourth-order valence-corrected chi connectivity index (χ4v) is 3.88. The fourth-order valence-electron chi connectivity index (χ4n) is 3.08. The Morgan fingerprint density at radius 2 is 1.30 bits per heavy atom. The van der Waals surface area contributed by atoms with Crippen LogP contribution in [0.4, 0.5) is 0 Å². The molecule has 1 heterocycles. The topological polar surface area (TPSA) is 8.81 Å². The van der Waals surface area contributed by atoms with Crippen LogP contribution >= 0.6 is 22.6 Å². The molecule has 0 amide bonds. The van der Waals surface area contributed by atoms with Crippen molar-refractivity contribution in [1.29, 1.82) is 0 Å². The first kappa shape index (κ1) is 18.2. The van der Waals surface area contributed by atoms with E-state index in [4.69, 9.17) is 0 Å². The zero-order chi connectivity index (χ0) is 15.9. The van der Waals surface area contributed by atoms with Crippen molar-refractivity contribution in [2.45, 2.75) is 27.7 Å². The number of hydrogen-bond donors (Lipinski definition) is 0. The van der Waals surface area contributed by atoms with Crippen molar-refractivity contribution in [3.8, 4) is 11.4 Å². The lowest BCUT2D eigenvalue weighted by atomic mass is 10.1. The lowest BCUT2D eigenvalue weighted by molar-refractivity contribution is -0.609. The van der Waals surface area contributed by atoms with Gasteiger partial charge in [0.1, 0.15) is 23.8 Å². The summed E-state index contributed by atoms with van der Waals surface area (Å²) in [6.07, 6.45) is 4.31. The van der Waals surface area contributed by atoms with Gasteiger partial charge in [0.2, 0.25) is 0 Å². The van der Waals surface area contributed by atoms with Gasteiger partial charge < -0.3 is 17.0 Å². The Morgan fingerprint density at radius 3 is 1.83 bits per heavy atom. The van der Waals surface area contributed by atoms with Gasteiger partial charge in [-0.3, -0.25) is 0 Å². The van der Waals surface area contributed by atoms with E-state index in [1.54, 1.807) is 0 Å². The Balaban J connectivity index is 0.00000192. The van der Waals surface area contributed by atoms with E-state index in [0.717, 1.165) is 0 Å². The largest absolute Gasteiger partial charge is 1.00 e. The molecule has 0 spiro atoms. The second kappa shape index (κ2) is 7.18.